The van der Waals surface area contributed by atoms with Crippen molar-refractivity contribution < 1.29 is 4.74 Å². The molecule has 1 aromatic heterocycles. The van der Waals surface area contributed by atoms with Crippen molar-refractivity contribution in [2.24, 2.45) is 10.9 Å². The number of rotatable bonds is 5. The van der Waals surface area contributed by atoms with Crippen LogP contribution in [0.5, 0.6) is 0 Å². The molecule has 2 aliphatic heterocycles. The van der Waals surface area contributed by atoms with Gasteiger partial charge in [0.1, 0.15) is 5.82 Å². The van der Waals surface area contributed by atoms with Crippen molar-refractivity contribution in [2.45, 2.75) is 38.6 Å². The summed E-state index contributed by atoms with van der Waals surface area (Å²) in [5.41, 5.74) is 1.18. The van der Waals surface area contributed by atoms with Crippen molar-refractivity contribution in [1.82, 2.24) is 20.2 Å². The molecule has 2 N–H and O–H groups in total. The molecule has 6 nitrogen and oxygen atoms in total. The van der Waals surface area contributed by atoms with Crippen LogP contribution in [0.3, 0.4) is 0 Å². The maximum atomic E-state index is 5.39. The minimum absolute atomic E-state index is 0.610. The van der Waals surface area contributed by atoms with Crippen molar-refractivity contribution in [3.8, 4) is 0 Å². The van der Waals surface area contributed by atoms with Gasteiger partial charge >= 0.3 is 0 Å². The van der Waals surface area contributed by atoms with E-state index in [4.69, 9.17) is 9.72 Å². The Hall–Kier alpha value is -1.56. The molecule has 3 rings (SSSR count). The first-order valence-corrected chi connectivity index (χ1v) is 8.42. The highest BCUT2D eigenvalue weighted by Gasteiger charge is 2.16. The van der Waals surface area contributed by atoms with E-state index < -0.39 is 0 Å². The molecule has 1 atom stereocenters. The van der Waals surface area contributed by atoms with E-state index in [2.05, 4.69) is 26.4 Å². The molecule has 0 aliphatic carbocycles. The van der Waals surface area contributed by atoms with Gasteiger partial charge in [-0.2, -0.15) is 0 Å². The van der Waals surface area contributed by atoms with Crippen LogP contribution in [0.15, 0.2) is 11.2 Å². The number of aliphatic imine (C=N–C) groups is 1. The van der Waals surface area contributed by atoms with Gasteiger partial charge in [0.2, 0.25) is 0 Å². The predicted molar refractivity (Wildman–Crippen MR) is 87.2 cm³/mol. The van der Waals surface area contributed by atoms with Crippen LogP contribution in [-0.4, -0.2) is 48.9 Å². The highest BCUT2D eigenvalue weighted by Crippen LogP contribution is 2.14. The maximum Gasteiger partial charge on any atom is 0.191 e. The Labute approximate surface area is 132 Å². The standard InChI is InChI=1S/C16H27N5O/c1-17-16(19-10-13-6-9-22-12-13)18-7-5-14-11-21-8-3-2-4-15(21)20-14/h11,13H,2-10,12H2,1H3,(H2,17,18,19). The Bertz CT molecular complexity index is 481. The highest BCUT2D eigenvalue weighted by molar-refractivity contribution is 5.79. The van der Waals surface area contributed by atoms with Crippen LogP contribution in [0.4, 0.5) is 0 Å². The second kappa shape index (κ2) is 7.63. The van der Waals surface area contributed by atoms with Gasteiger partial charge in [-0.15, -0.1) is 0 Å². The smallest absolute Gasteiger partial charge is 0.191 e. The number of nitrogens with zero attached hydrogens (tertiary/aromatic N) is 3. The Morgan fingerprint density at radius 1 is 1.45 bits per heavy atom. The van der Waals surface area contributed by atoms with Crippen molar-refractivity contribution in [3.05, 3.63) is 17.7 Å². The maximum absolute atomic E-state index is 5.39. The molecule has 0 aromatic carbocycles. The molecule has 0 amide bonds. The molecule has 22 heavy (non-hydrogen) atoms. The summed E-state index contributed by atoms with van der Waals surface area (Å²) in [4.78, 5) is 9.00. The Morgan fingerprint density at radius 2 is 2.41 bits per heavy atom. The molecule has 1 saturated heterocycles. The van der Waals surface area contributed by atoms with E-state index in [0.29, 0.717) is 5.92 Å². The quantitative estimate of drug-likeness (QED) is 0.628. The Kier molecular flexibility index (Phi) is 5.32. The van der Waals surface area contributed by atoms with Gasteiger partial charge in [0.15, 0.2) is 5.96 Å². The van der Waals surface area contributed by atoms with Gasteiger partial charge in [-0.1, -0.05) is 0 Å². The summed E-state index contributed by atoms with van der Waals surface area (Å²) in [6.45, 7) is 4.67. The molecule has 0 spiro atoms. The van der Waals surface area contributed by atoms with Gasteiger partial charge in [0, 0.05) is 58.2 Å². The summed E-state index contributed by atoms with van der Waals surface area (Å²) in [5.74, 6) is 2.74. The Balaban J connectivity index is 1.40. The van der Waals surface area contributed by atoms with Crippen LogP contribution in [0, 0.1) is 5.92 Å². The third-order valence-electron chi connectivity index (χ3n) is 4.44. The lowest BCUT2D eigenvalue weighted by Gasteiger charge is -2.14. The summed E-state index contributed by atoms with van der Waals surface area (Å²) >= 11 is 0. The molecule has 0 bridgehead atoms. The topological polar surface area (TPSA) is 63.5 Å². The van der Waals surface area contributed by atoms with Gasteiger partial charge in [0.05, 0.1) is 12.3 Å². The number of aryl methyl sites for hydroxylation is 2. The van der Waals surface area contributed by atoms with Crippen LogP contribution in [-0.2, 0) is 24.1 Å². The monoisotopic (exact) mass is 305 g/mol. The van der Waals surface area contributed by atoms with E-state index in [-0.39, 0.29) is 0 Å². The highest BCUT2D eigenvalue weighted by atomic mass is 16.5. The molecule has 1 unspecified atom stereocenters. The summed E-state index contributed by atoms with van der Waals surface area (Å²) < 4.78 is 7.70. The van der Waals surface area contributed by atoms with Gasteiger partial charge in [0.25, 0.3) is 0 Å². The molecular formula is C16H27N5O. The van der Waals surface area contributed by atoms with Crippen LogP contribution in [0.25, 0.3) is 0 Å². The molecule has 1 aromatic rings. The zero-order valence-electron chi connectivity index (χ0n) is 13.5. The average molecular weight is 305 g/mol. The van der Waals surface area contributed by atoms with E-state index in [1.807, 2.05) is 7.05 Å². The van der Waals surface area contributed by atoms with E-state index in [0.717, 1.165) is 58.1 Å². The van der Waals surface area contributed by atoms with Crippen LogP contribution >= 0.6 is 0 Å². The normalized spacial score (nSPS) is 21.7. The molecule has 2 aliphatic rings. The third-order valence-corrected chi connectivity index (χ3v) is 4.44. The molecule has 0 saturated carbocycles. The summed E-state index contributed by atoms with van der Waals surface area (Å²) in [6, 6.07) is 0. The fourth-order valence-electron chi connectivity index (χ4n) is 3.11. The molecule has 122 valence electrons. The van der Waals surface area contributed by atoms with Crippen molar-refractivity contribution in [3.63, 3.8) is 0 Å². The number of aromatic nitrogens is 2. The van der Waals surface area contributed by atoms with E-state index in [1.165, 1.54) is 24.4 Å². The fourth-order valence-corrected chi connectivity index (χ4v) is 3.11. The van der Waals surface area contributed by atoms with Gasteiger partial charge in [-0.25, -0.2) is 4.98 Å². The van der Waals surface area contributed by atoms with Gasteiger partial charge in [-0.3, -0.25) is 4.99 Å². The van der Waals surface area contributed by atoms with E-state index in [9.17, 15) is 0 Å². The lowest BCUT2D eigenvalue weighted by atomic mass is 10.1. The van der Waals surface area contributed by atoms with Crippen molar-refractivity contribution in [1.29, 1.82) is 0 Å². The number of imidazole rings is 1. The number of hydrogen-bond acceptors (Lipinski definition) is 3. The summed E-state index contributed by atoms with van der Waals surface area (Å²) in [5, 5.41) is 6.75. The molecule has 3 heterocycles. The lowest BCUT2D eigenvalue weighted by Crippen LogP contribution is -2.40. The second-order valence-corrected chi connectivity index (χ2v) is 6.16. The van der Waals surface area contributed by atoms with Crippen molar-refractivity contribution in [2.75, 3.05) is 33.4 Å². The zero-order valence-corrected chi connectivity index (χ0v) is 13.5. The first-order valence-electron chi connectivity index (χ1n) is 8.42. The van der Waals surface area contributed by atoms with Gasteiger partial charge < -0.3 is 19.9 Å². The number of guanidine groups is 1. The lowest BCUT2D eigenvalue weighted by molar-refractivity contribution is 0.186. The second-order valence-electron chi connectivity index (χ2n) is 6.16. The minimum Gasteiger partial charge on any atom is -0.381 e. The number of hydrogen-bond donors (Lipinski definition) is 2. The van der Waals surface area contributed by atoms with E-state index in [1.54, 1.807) is 0 Å². The van der Waals surface area contributed by atoms with Gasteiger partial charge in [-0.05, 0) is 19.3 Å². The SMILES string of the molecule is CN=C(NCCc1cn2c(n1)CCCC2)NCC1CCOC1. The zero-order chi connectivity index (χ0) is 15.2. The summed E-state index contributed by atoms with van der Waals surface area (Å²) in [7, 11) is 1.82. The van der Waals surface area contributed by atoms with Crippen LogP contribution in [0.2, 0.25) is 0 Å². The minimum atomic E-state index is 0.610. The van der Waals surface area contributed by atoms with E-state index >= 15 is 0 Å². The third kappa shape index (κ3) is 4.00. The average Bonchev–Trinajstić information content (AvgIpc) is 3.19. The first kappa shape index (κ1) is 15.3. The van der Waals surface area contributed by atoms with Crippen LogP contribution in [0.1, 0.15) is 30.8 Å². The fraction of sp³-hybridized carbons (Fsp3) is 0.750. The number of nitrogens with one attached hydrogen (secondary N) is 2. The first-order chi connectivity index (χ1) is 10.8. The molecular weight excluding hydrogens is 278 g/mol. The van der Waals surface area contributed by atoms with Crippen LogP contribution < -0.4 is 10.6 Å². The predicted octanol–water partition coefficient (Wildman–Crippen LogP) is 0.963. The number of fused-ring (bicyclic) bond motifs is 1. The Morgan fingerprint density at radius 3 is 3.18 bits per heavy atom. The molecule has 0 radical (unpaired) electrons. The molecule has 1 fully saturated rings. The molecule has 6 heteroatoms. The summed E-state index contributed by atoms with van der Waals surface area (Å²) in [6.07, 6.45) is 7.97. The van der Waals surface area contributed by atoms with Crippen molar-refractivity contribution >= 4 is 5.96 Å². The largest absolute Gasteiger partial charge is 0.381 e. The number of ether oxygens (including phenoxy) is 1.